The summed E-state index contributed by atoms with van der Waals surface area (Å²) in [6.45, 7) is 5.27. The first-order chi connectivity index (χ1) is 11.6. The van der Waals surface area contributed by atoms with E-state index in [1.165, 1.54) is 51.4 Å². The molecular weight excluding hydrogens is 327 g/mol. The maximum absolute atomic E-state index is 11.7. The number of rotatable bonds is 14. The molecule has 1 rings (SSSR count). The van der Waals surface area contributed by atoms with Crippen LogP contribution in [-0.4, -0.2) is 52.5 Å². The van der Waals surface area contributed by atoms with Gasteiger partial charge in [0.15, 0.2) is 0 Å². The van der Waals surface area contributed by atoms with E-state index in [-0.39, 0.29) is 43.8 Å². The van der Waals surface area contributed by atoms with Crippen LogP contribution in [0.15, 0.2) is 0 Å². The fourth-order valence-electron chi connectivity index (χ4n) is 3.78. The fraction of sp³-hybridized carbons (Fsp3) is 0.947. The van der Waals surface area contributed by atoms with Crippen molar-refractivity contribution < 1.29 is 46.0 Å². The van der Waals surface area contributed by atoms with E-state index in [0.717, 1.165) is 19.4 Å². The SMILES string of the molecule is CCCCCCCCCCCC1NCCN1C(CC)(CO)C(=O)O.[H-].[Na+]. The molecule has 0 radical (unpaired) electrons. The summed E-state index contributed by atoms with van der Waals surface area (Å²) in [4.78, 5) is 13.7. The summed E-state index contributed by atoms with van der Waals surface area (Å²) < 4.78 is 0. The van der Waals surface area contributed by atoms with E-state index >= 15 is 0 Å². The molecule has 1 heterocycles. The second kappa shape index (κ2) is 14.4. The predicted molar refractivity (Wildman–Crippen MR) is 99.2 cm³/mol. The molecule has 0 amide bonds. The molecule has 0 aliphatic carbocycles. The van der Waals surface area contributed by atoms with Gasteiger partial charge in [-0.25, -0.2) is 0 Å². The Balaban J connectivity index is 0. The number of carboxylic acids is 1. The van der Waals surface area contributed by atoms with Crippen molar-refractivity contribution in [2.75, 3.05) is 19.7 Å². The van der Waals surface area contributed by atoms with Gasteiger partial charge in [-0.05, 0) is 12.8 Å². The normalized spacial score (nSPS) is 20.2. The van der Waals surface area contributed by atoms with Gasteiger partial charge in [-0.1, -0.05) is 71.6 Å². The van der Waals surface area contributed by atoms with E-state index < -0.39 is 11.5 Å². The first kappa shape index (κ1) is 25.4. The number of nitrogens with zero attached hydrogens (tertiary/aromatic N) is 1. The molecule has 1 fully saturated rings. The molecule has 0 aromatic rings. The summed E-state index contributed by atoms with van der Waals surface area (Å²) in [5.41, 5.74) is -1.13. The maximum atomic E-state index is 11.7. The summed E-state index contributed by atoms with van der Waals surface area (Å²) in [5.74, 6) is -0.909. The smallest absolute Gasteiger partial charge is 1.00 e. The summed E-state index contributed by atoms with van der Waals surface area (Å²) in [6.07, 6.45) is 13.1. The molecule has 3 N–H and O–H groups in total. The molecule has 6 heteroatoms. The van der Waals surface area contributed by atoms with E-state index in [1.54, 1.807) is 0 Å². The van der Waals surface area contributed by atoms with E-state index in [9.17, 15) is 15.0 Å². The minimum absolute atomic E-state index is 0. The molecule has 144 valence electrons. The van der Waals surface area contributed by atoms with E-state index in [2.05, 4.69) is 12.2 Å². The van der Waals surface area contributed by atoms with Crippen LogP contribution in [0.2, 0.25) is 0 Å². The molecule has 1 aliphatic heterocycles. The van der Waals surface area contributed by atoms with Crippen LogP contribution in [0.5, 0.6) is 0 Å². The minimum Gasteiger partial charge on any atom is -1.00 e. The van der Waals surface area contributed by atoms with Crippen molar-refractivity contribution in [3.8, 4) is 0 Å². The van der Waals surface area contributed by atoms with E-state index in [4.69, 9.17) is 0 Å². The molecule has 2 unspecified atom stereocenters. The number of hydrogen-bond acceptors (Lipinski definition) is 4. The van der Waals surface area contributed by atoms with Crippen molar-refractivity contribution in [2.45, 2.75) is 96.2 Å². The predicted octanol–water partition coefficient (Wildman–Crippen LogP) is 0.481. The molecule has 1 saturated heterocycles. The van der Waals surface area contributed by atoms with Crippen LogP contribution in [0.25, 0.3) is 0 Å². The molecule has 0 bridgehead atoms. The van der Waals surface area contributed by atoms with E-state index in [1.807, 2.05) is 11.8 Å². The van der Waals surface area contributed by atoms with Crippen molar-refractivity contribution in [1.29, 1.82) is 0 Å². The van der Waals surface area contributed by atoms with Crippen LogP contribution < -0.4 is 34.9 Å². The molecule has 0 spiro atoms. The summed E-state index contributed by atoms with van der Waals surface area (Å²) in [7, 11) is 0. The number of nitrogens with one attached hydrogen (secondary N) is 1. The Morgan fingerprint density at radius 1 is 1.12 bits per heavy atom. The molecule has 0 saturated carbocycles. The minimum atomic E-state index is -1.13. The van der Waals surface area contributed by atoms with Crippen molar-refractivity contribution in [3.63, 3.8) is 0 Å². The van der Waals surface area contributed by atoms with Gasteiger partial charge in [0.2, 0.25) is 0 Å². The van der Waals surface area contributed by atoms with Crippen molar-refractivity contribution in [3.05, 3.63) is 0 Å². The largest absolute Gasteiger partial charge is 1.00 e. The van der Waals surface area contributed by atoms with Crippen LogP contribution in [0.3, 0.4) is 0 Å². The standard InChI is InChI=1S/C19H38N2O3.Na.H/c1-3-5-6-7-8-9-10-11-12-13-17-20-14-15-21(17)19(4-2,16-22)18(23)24;;/h17,20,22H,3-16H2,1-2H3,(H,23,24);;/q;+1;-1. The first-order valence-electron chi connectivity index (χ1n) is 9.96. The third kappa shape index (κ3) is 7.86. The summed E-state index contributed by atoms with van der Waals surface area (Å²) in [5, 5.41) is 22.7. The molecular formula is C19H39N2NaO3. The average Bonchev–Trinajstić information content (AvgIpc) is 3.04. The van der Waals surface area contributed by atoms with Gasteiger partial charge in [0.05, 0.1) is 12.8 Å². The monoisotopic (exact) mass is 366 g/mol. The third-order valence-electron chi connectivity index (χ3n) is 5.48. The van der Waals surface area contributed by atoms with Gasteiger partial charge in [0.1, 0.15) is 5.54 Å². The summed E-state index contributed by atoms with van der Waals surface area (Å²) in [6, 6.07) is 0. The molecule has 25 heavy (non-hydrogen) atoms. The first-order valence-corrected chi connectivity index (χ1v) is 9.96. The van der Waals surface area contributed by atoms with Gasteiger partial charge < -0.3 is 17.0 Å². The topological polar surface area (TPSA) is 72.8 Å². The number of aliphatic carboxylic acids is 1. The molecule has 5 nitrogen and oxygen atoms in total. The zero-order valence-electron chi connectivity index (χ0n) is 17.7. The van der Waals surface area contributed by atoms with Crippen LogP contribution >= 0.6 is 0 Å². The van der Waals surface area contributed by atoms with Crippen LogP contribution in [0.4, 0.5) is 0 Å². The Labute approximate surface area is 177 Å². The molecule has 1 aliphatic rings. The number of aliphatic hydroxyl groups is 1. The molecule has 2 atom stereocenters. The quantitative estimate of drug-likeness (QED) is 0.308. The zero-order chi connectivity index (χ0) is 17.8. The van der Waals surface area contributed by atoms with Crippen LogP contribution in [0, 0.1) is 0 Å². The second-order valence-corrected chi connectivity index (χ2v) is 7.13. The zero-order valence-corrected chi connectivity index (χ0v) is 18.7. The number of aliphatic hydroxyl groups excluding tert-OH is 1. The fourth-order valence-corrected chi connectivity index (χ4v) is 3.78. The summed E-state index contributed by atoms with van der Waals surface area (Å²) >= 11 is 0. The van der Waals surface area contributed by atoms with Crippen LogP contribution in [-0.2, 0) is 4.79 Å². The Morgan fingerprint density at radius 3 is 2.16 bits per heavy atom. The Morgan fingerprint density at radius 2 is 1.68 bits per heavy atom. The Bertz CT molecular complexity index is 358. The maximum Gasteiger partial charge on any atom is 1.00 e. The third-order valence-corrected chi connectivity index (χ3v) is 5.48. The number of carboxylic acid groups (broad SMARTS) is 1. The van der Waals surface area contributed by atoms with Crippen molar-refractivity contribution in [2.24, 2.45) is 0 Å². The van der Waals surface area contributed by atoms with Gasteiger partial charge in [-0.3, -0.25) is 9.69 Å². The van der Waals surface area contributed by atoms with Gasteiger partial charge in [0, 0.05) is 13.1 Å². The van der Waals surface area contributed by atoms with Gasteiger partial charge in [-0.15, -0.1) is 0 Å². The van der Waals surface area contributed by atoms with Gasteiger partial charge in [0.25, 0.3) is 0 Å². The molecule has 0 aromatic heterocycles. The second-order valence-electron chi connectivity index (χ2n) is 7.13. The Kier molecular flexibility index (Phi) is 14.6. The van der Waals surface area contributed by atoms with Crippen LogP contribution in [0.1, 0.15) is 85.9 Å². The van der Waals surface area contributed by atoms with Gasteiger partial charge >= 0.3 is 35.5 Å². The Hall–Kier alpha value is 0.350. The molecule has 0 aromatic carbocycles. The van der Waals surface area contributed by atoms with Crippen molar-refractivity contribution in [1.82, 2.24) is 10.2 Å². The number of carbonyl (C=O) groups is 1. The van der Waals surface area contributed by atoms with E-state index in [0.29, 0.717) is 13.0 Å². The van der Waals surface area contributed by atoms with Crippen molar-refractivity contribution >= 4 is 5.97 Å². The van der Waals surface area contributed by atoms with Gasteiger partial charge in [-0.2, -0.15) is 0 Å². The number of hydrogen-bond donors (Lipinski definition) is 3. The average molecular weight is 367 g/mol. The number of unbranched alkanes of at least 4 members (excludes halogenated alkanes) is 8.